The number of ketones is 1. The number of hydrogen-bond donors (Lipinski definition) is 2. The van der Waals surface area contributed by atoms with Crippen LogP contribution in [0, 0.1) is 5.92 Å². The van der Waals surface area contributed by atoms with Crippen molar-refractivity contribution < 1.29 is 29.2 Å². The maximum Gasteiger partial charge on any atom is 0.268 e. The van der Waals surface area contributed by atoms with E-state index in [1.54, 1.807) is 18.2 Å². The molecule has 1 fully saturated rings. The molecule has 3 rings (SSSR count). The van der Waals surface area contributed by atoms with Crippen LogP contribution in [-0.4, -0.2) is 41.9 Å². The fraction of sp³-hybridized carbons (Fsp3) is 0.429. The number of rotatable bonds is 7. The number of carbonyl (C=O) groups is 1. The zero-order valence-electron chi connectivity index (χ0n) is 16.7. The lowest BCUT2D eigenvalue weighted by atomic mass is 9.96. The number of ether oxygens (including phenoxy) is 3. The lowest BCUT2D eigenvalue weighted by Gasteiger charge is -2.18. The lowest BCUT2D eigenvalue weighted by molar-refractivity contribution is 0.0916. The van der Waals surface area contributed by atoms with Gasteiger partial charge in [-0.05, 0) is 25.0 Å². The molecule has 0 atom stereocenters. The summed E-state index contributed by atoms with van der Waals surface area (Å²) in [6, 6.07) is 5.04. The fourth-order valence-corrected chi connectivity index (χ4v) is 3.78. The van der Waals surface area contributed by atoms with Crippen LogP contribution in [-0.2, 0) is 6.54 Å². The standard InChI is InChI=1S/C21H25NO7/c1-27-14-9-8-13(15(10-14)28-2)11-22-20(25)16(17(23)12-6-4-5-7-12)18(24)19(29-3)21(22)26/h8-10,12,24,26H,4-7,11H2,1-3H3. The molecule has 1 aromatic heterocycles. The summed E-state index contributed by atoms with van der Waals surface area (Å²) in [6.07, 6.45) is 3.16. The van der Waals surface area contributed by atoms with Crippen molar-refractivity contribution in [1.82, 2.24) is 4.57 Å². The van der Waals surface area contributed by atoms with Crippen LogP contribution in [0.2, 0.25) is 0 Å². The van der Waals surface area contributed by atoms with Crippen LogP contribution in [0.25, 0.3) is 0 Å². The Morgan fingerprint density at radius 1 is 1.10 bits per heavy atom. The molecule has 0 spiro atoms. The van der Waals surface area contributed by atoms with Crippen molar-refractivity contribution in [1.29, 1.82) is 0 Å². The molecule has 0 saturated heterocycles. The minimum Gasteiger partial charge on any atom is -0.503 e. The van der Waals surface area contributed by atoms with E-state index in [2.05, 4.69) is 0 Å². The Hall–Kier alpha value is -3.16. The van der Waals surface area contributed by atoms with Gasteiger partial charge in [-0.15, -0.1) is 0 Å². The summed E-state index contributed by atoms with van der Waals surface area (Å²) in [4.78, 5) is 26.0. The Labute approximate surface area is 168 Å². The van der Waals surface area contributed by atoms with Gasteiger partial charge in [-0.2, -0.15) is 0 Å². The van der Waals surface area contributed by atoms with E-state index in [0.717, 1.165) is 17.4 Å². The molecule has 0 bridgehead atoms. The van der Waals surface area contributed by atoms with Gasteiger partial charge in [0.15, 0.2) is 11.5 Å². The van der Waals surface area contributed by atoms with E-state index in [9.17, 15) is 19.8 Å². The van der Waals surface area contributed by atoms with E-state index in [1.165, 1.54) is 21.3 Å². The van der Waals surface area contributed by atoms with Gasteiger partial charge in [0.25, 0.3) is 5.56 Å². The van der Waals surface area contributed by atoms with E-state index in [0.29, 0.717) is 29.9 Å². The summed E-state index contributed by atoms with van der Waals surface area (Å²) in [5.41, 5.74) is -0.535. The third-order valence-corrected chi connectivity index (χ3v) is 5.37. The van der Waals surface area contributed by atoms with Gasteiger partial charge < -0.3 is 24.4 Å². The number of methoxy groups -OCH3 is 3. The Bertz CT molecular complexity index is 974. The third kappa shape index (κ3) is 3.74. The normalized spacial score (nSPS) is 14.0. The van der Waals surface area contributed by atoms with Crippen molar-refractivity contribution in [3.05, 3.63) is 39.7 Å². The van der Waals surface area contributed by atoms with Crippen LogP contribution < -0.4 is 19.8 Å². The van der Waals surface area contributed by atoms with Crippen molar-refractivity contribution in [3.63, 3.8) is 0 Å². The van der Waals surface area contributed by atoms with Gasteiger partial charge in [0.05, 0.1) is 27.9 Å². The maximum atomic E-state index is 13.1. The zero-order valence-corrected chi connectivity index (χ0v) is 16.7. The molecule has 0 aliphatic heterocycles. The summed E-state index contributed by atoms with van der Waals surface area (Å²) in [5, 5.41) is 21.0. The SMILES string of the molecule is COc1ccc(Cn2c(O)c(OC)c(O)c(C(=O)C3CCCC3)c2=O)c(OC)c1. The molecule has 2 N–H and O–H groups in total. The molecule has 8 nitrogen and oxygen atoms in total. The summed E-state index contributed by atoms with van der Waals surface area (Å²) >= 11 is 0. The van der Waals surface area contributed by atoms with Gasteiger partial charge in [-0.1, -0.05) is 12.8 Å². The van der Waals surface area contributed by atoms with Crippen molar-refractivity contribution in [2.45, 2.75) is 32.2 Å². The fourth-order valence-electron chi connectivity index (χ4n) is 3.78. The lowest BCUT2D eigenvalue weighted by Crippen LogP contribution is -2.29. The molecule has 1 aromatic carbocycles. The van der Waals surface area contributed by atoms with Crippen LogP contribution in [0.5, 0.6) is 28.9 Å². The number of pyridine rings is 1. The summed E-state index contributed by atoms with van der Waals surface area (Å²) in [5.74, 6) is -1.20. The average molecular weight is 403 g/mol. The number of carbonyl (C=O) groups excluding carboxylic acids is 1. The van der Waals surface area contributed by atoms with Gasteiger partial charge in [0.2, 0.25) is 11.6 Å². The Morgan fingerprint density at radius 2 is 1.79 bits per heavy atom. The van der Waals surface area contributed by atoms with Gasteiger partial charge in [0, 0.05) is 17.5 Å². The van der Waals surface area contributed by atoms with Gasteiger partial charge >= 0.3 is 0 Å². The minimum atomic E-state index is -0.768. The smallest absolute Gasteiger partial charge is 0.268 e. The molecule has 0 amide bonds. The molecule has 0 radical (unpaired) electrons. The summed E-state index contributed by atoms with van der Waals surface area (Å²) in [6.45, 7) is -0.0839. The Balaban J connectivity index is 2.13. The van der Waals surface area contributed by atoms with E-state index < -0.39 is 23.0 Å². The van der Waals surface area contributed by atoms with E-state index in [-0.39, 0.29) is 23.8 Å². The predicted octanol–water partition coefficient (Wildman–Crippen LogP) is 2.71. The second kappa shape index (κ2) is 8.46. The number of benzene rings is 1. The second-order valence-electron chi connectivity index (χ2n) is 7.00. The molecule has 2 aromatic rings. The molecule has 1 aliphatic carbocycles. The highest BCUT2D eigenvalue weighted by Crippen LogP contribution is 2.39. The third-order valence-electron chi connectivity index (χ3n) is 5.37. The predicted molar refractivity (Wildman–Crippen MR) is 106 cm³/mol. The molecule has 1 saturated carbocycles. The molecule has 1 aliphatic rings. The molecule has 8 heteroatoms. The van der Waals surface area contributed by atoms with Crippen LogP contribution in [0.15, 0.2) is 23.0 Å². The first kappa shape index (κ1) is 20.6. The molecule has 29 heavy (non-hydrogen) atoms. The molecular formula is C21H25NO7. The van der Waals surface area contributed by atoms with Crippen LogP contribution in [0.3, 0.4) is 0 Å². The van der Waals surface area contributed by atoms with Gasteiger partial charge in [0.1, 0.15) is 17.1 Å². The summed E-state index contributed by atoms with van der Waals surface area (Å²) < 4.78 is 16.6. The number of nitrogens with zero attached hydrogens (tertiary/aromatic N) is 1. The first-order valence-corrected chi connectivity index (χ1v) is 9.40. The van der Waals surface area contributed by atoms with Crippen LogP contribution in [0.4, 0.5) is 0 Å². The number of hydrogen-bond acceptors (Lipinski definition) is 7. The van der Waals surface area contributed by atoms with E-state index in [4.69, 9.17) is 14.2 Å². The van der Waals surface area contributed by atoms with Gasteiger partial charge in [-0.3, -0.25) is 14.2 Å². The van der Waals surface area contributed by atoms with Crippen LogP contribution in [0.1, 0.15) is 41.6 Å². The number of Topliss-reactive ketones (excluding diaryl/α,β-unsaturated/α-hetero) is 1. The highest BCUT2D eigenvalue weighted by Gasteiger charge is 2.32. The van der Waals surface area contributed by atoms with E-state index >= 15 is 0 Å². The maximum absolute atomic E-state index is 13.1. The average Bonchev–Trinajstić information content (AvgIpc) is 3.26. The quantitative estimate of drug-likeness (QED) is 0.685. The number of aromatic nitrogens is 1. The van der Waals surface area contributed by atoms with E-state index in [1.807, 2.05) is 0 Å². The van der Waals surface area contributed by atoms with Crippen molar-refractivity contribution in [3.8, 4) is 28.9 Å². The second-order valence-corrected chi connectivity index (χ2v) is 7.00. The largest absolute Gasteiger partial charge is 0.503 e. The summed E-state index contributed by atoms with van der Waals surface area (Å²) in [7, 11) is 4.26. The molecule has 156 valence electrons. The monoisotopic (exact) mass is 403 g/mol. The zero-order chi connectivity index (χ0) is 21.1. The van der Waals surface area contributed by atoms with Crippen molar-refractivity contribution in [2.75, 3.05) is 21.3 Å². The van der Waals surface area contributed by atoms with Crippen molar-refractivity contribution in [2.24, 2.45) is 5.92 Å². The number of aromatic hydroxyl groups is 2. The first-order valence-electron chi connectivity index (χ1n) is 9.40. The van der Waals surface area contributed by atoms with Crippen molar-refractivity contribution >= 4 is 5.78 Å². The highest BCUT2D eigenvalue weighted by molar-refractivity contribution is 6.01. The topological polar surface area (TPSA) is 107 Å². The molecular weight excluding hydrogens is 378 g/mol. The highest BCUT2D eigenvalue weighted by atomic mass is 16.5. The molecule has 0 unspecified atom stereocenters. The van der Waals surface area contributed by atoms with Crippen LogP contribution >= 0.6 is 0 Å². The molecule has 1 heterocycles. The van der Waals surface area contributed by atoms with Gasteiger partial charge in [-0.25, -0.2) is 0 Å². The first-order chi connectivity index (χ1) is 13.9. The minimum absolute atomic E-state index is 0.0839. The Kier molecular flexibility index (Phi) is 6.00. The Morgan fingerprint density at radius 3 is 2.38 bits per heavy atom.